The maximum absolute atomic E-state index is 13.2. The molecule has 1 aliphatic heterocycles. The first-order valence-corrected chi connectivity index (χ1v) is 12.1. The van der Waals surface area contributed by atoms with E-state index in [2.05, 4.69) is 20.4 Å². The molecule has 37 heavy (non-hydrogen) atoms. The quantitative estimate of drug-likeness (QED) is 0.414. The lowest BCUT2D eigenvalue weighted by molar-refractivity contribution is 0.0239. The predicted molar refractivity (Wildman–Crippen MR) is 134 cm³/mol. The number of carbonyl (C=O) groups is 1. The van der Waals surface area contributed by atoms with E-state index < -0.39 is 24.3 Å². The number of fused-ring (bicyclic) bond motifs is 1. The molecule has 3 N–H and O–H groups in total. The Balaban J connectivity index is 0.00000186. The Hall–Kier alpha value is -3.25. The number of carbonyl (C=O) groups excluding carboxylic acids is 1. The summed E-state index contributed by atoms with van der Waals surface area (Å²) < 4.78 is 46.8. The number of amides is 2. The van der Waals surface area contributed by atoms with E-state index >= 15 is 0 Å². The normalized spacial score (nSPS) is 12.6. The van der Waals surface area contributed by atoms with Gasteiger partial charge in [0, 0.05) is 17.5 Å². The average molecular weight is 560 g/mol. The minimum Gasteiger partial charge on any atom is -0.491 e. The fourth-order valence-electron chi connectivity index (χ4n) is 3.57. The number of benzene rings is 1. The summed E-state index contributed by atoms with van der Waals surface area (Å²) in [5.74, 6) is -3.31. The summed E-state index contributed by atoms with van der Waals surface area (Å²) in [6.45, 7) is 4.34. The molecule has 3 heterocycles. The van der Waals surface area contributed by atoms with Crippen molar-refractivity contribution < 1.29 is 22.7 Å². The average Bonchev–Trinajstić information content (AvgIpc) is 3.43. The zero-order valence-electron chi connectivity index (χ0n) is 20.4. The third-order valence-electron chi connectivity index (χ3n) is 5.07. The van der Waals surface area contributed by atoms with Crippen LogP contribution in [0, 0.1) is 5.82 Å². The molecule has 3 aromatic rings. The molecule has 1 aliphatic rings. The zero-order chi connectivity index (χ0) is 27.3. The molecule has 0 fully saturated rings. The van der Waals surface area contributed by atoms with Gasteiger partial charge in [0.25, 0.3) is 5.92 Å². The summed E-state index contributed by atoms with van der Waals surface area (Å²) >= 11 is 12.7. The topological polar surface area (TPSA) is 111 Å². The number of anilines is 1. The minimum atomic E-state index is -3.05. The number of alkyl halides is 2. The van der Waals surface area contributed by atoms with Gasteiger partial charge in [0.2, 0.25) is 5.95 Å². The Morgan fingerprint density at radius 1 is 1.24 bits per heavy atom. The highest BCUT2D eigenvalue weighted by Gasteiger charge is 2.32. The highest BCUT2D eigenvalue weighted by atomic mass is 35.5. The van der Waals surface area contributed by atoms with E-state index in [0.717, 1.165) is 6.20 Å². The highest BCUT2D eigenvalue weighted by Crippen LogP contribution is 2.42. The Kier molecular flexibility index (Phi) is 9.08. The van der Waals surface area contributed by atoms with Crippen LogP contribution in [-0.4, -0.2) is 49.8 Å². The van der Waals surface area contributed by atoms with E-state index in [1.807, 2.05) is 13.8 Å². The first-order valence-electron chi connectivity index (χ1n) is 11.4. The van der Waals surface area contributed by atoms with Crippen LogP contribution >= 0.6 is 23.2 Å². The molecule has 0 aliphatic carbocycles. The highest BCUT2D eigenvalue weighted by molar-refractivity contribution is 6.37. The van der Waals surface area contributed by atoms with Gasteiger partial charge in [-0.25, -0.2) is 27.9 Å². The SMILES string of the molecule is CC.CC(F)(F)CNC(=O)N1Cc2nc(N)nc(-c3c(Cl)cc(Cl)cc3OCCn3cc(F)cn3)c2C1. The van der Waals surface area contributed by atoms with Gasteiger partial charge in [-0.05, 0) is 12.1 Å². The second-order valence-electron chi connectivity index (χ2n) is 7.97. The van der Waals surface area contributed by atoms with E-state index in [4.69, 9.17) is 33.7 Å². The number of hydrogen-bond donors (Lipinski definition) is 2. The summed E-state index contributed by atoms with van der Waals surface area (Å²) in [4.78, 5) is 22.3. The van der Waals surface area contributed by atoms with Crippen molar-refractivity contribution in [2.45, 2.75) is 46.3 Å². The van der Waals surface area contributed by atoms with Gasteiger partial charge in [-0.3, -0.25) is 4.68 Å². The van der Waals surface area contributed by atoms with Crippen molar-refractivity contribution in [3.63, 3.8) is 0 Å². The molecule has 2 aromatic heterocycles. The van der Waals surface area contributed by atoms with Crippen molar-refractivity contribution in [1.29, 1.82) is 0 Å². The van der Waals surface area contributed by atoms with E-state index in [0.29, 0.717) is 34.5 Å². The van der Waals surface area contributed by atoms with E-state index in [-0.39, 0.29) is 43.0 Å². The molecule has 9 nitrogen and oxygen atoms in total. The van der Waals surface area contributed by atoms with Crippen molar-refractivity contribution >= 4 is 35.2 Å². The van der Waals surface area contributed by atoms with Gasteiger partial charge in [-0.1, -0.05) is 37.0 Å². The molecular formula is C23H26Cl2F3N7O2. The molecule has 0 saturated heterocycles. The number of nitrogens with one attached hydrogen (secondary N) is 1. The molecule has 1 aromatic carbocycles. The van der Waals surface area contributed by atoms with Crippen molar-refractivity contribution in [3.8, 4) is 17.0 Å². The molecule has 0 saturated carbocycles. The molecule has 2 amide bonds. The smallest absolute Gasteiger partial charge is 0.318 e. The molecule has 0 unspecified atom stereocenters. The molecule has 0 radical (unpaired) electrons. The number of nitrogens with two attached hydrogens (primary N) is 1. The first-order chi connectivity index (χ1) is 17.5. The van der Waals surface area contributed by atoms with Crippen LogP contribution in [-0.2, 0) is 19.6 Å². The van der Waals surface area contributed by atoms with Crippen LogP contribution in [0.15, 0.2) is 24.5 Å². The summed E-state index contributed by atoms with van der Waals surface area (Å²) in [6, 6.07) is 2.36. The molecule has 14 heteroatoms. The third kappa shape index (κ3) is 7.16. The van der Waals surface area contributed by atoms with Crippen LogP contribution in [0.4, 0.5) is 23.9 Å². The standard InChI is InChI=1S/C21H20Cl2F3N7O2.C2H6/c1-21(25,26)10-28-20(34)32-8-13-15(9-32)30-19(27)31-18(13)17-14(23)4-11(22)5-16(17)35-3-2-33-7-12(24)6-29-33;1-2/h4-7H,2-3,8-10H2,1H3,(H,28,34)(H2,27,30,31);1-2H3. The second kappa shape index (κ2) is 11.9. The molecule has 0 spiro atoms. The molecular weight excluding hydrogens is 534 g/mol. The zero-order valence-corrected chi connectivity index (χ0v) is 21.9. The predicted octanol–water partition coefficient (Wildman–Crippen LogP) is 5.15. The summed E-state index contributed by atoms with van der Waals surface area (Å²) in [5.41, 5.74) is 7.61. The second-order valence-corrected chi connectivity index (χ2v) is 8.82. The Morgan fingerprint density at radius 3 is 2.62 bits per heavy atom. The van der Waals surface area contributed by atoms with Crippen molar-refractivity contribution in [1.82, 2.24) is 30.0 Å². The van der Waals surface area contributed by atoms with E-state index in [1.165, 1.54) is 21.8 Å². The maximum Gasteiger partial charge on any atom is 0.318 e. The number of halogens is 5. The number of urea groups is 1. The molecule has 4 rings (SSSR count). The fourth-order valence-corrected chi connectivity index (χ4v) is 4.13. The number of nitrogen functional groups attached to an aromatic ring is 1. The van der Waals surface area contributed by atoms with Crippen LogP contribution in [0.1, 0.15) is 32.0 Å². The van der Waals surface area contributed by atoms with Gasteiger partial charge in [-0.2, -0.15) is 5.10 Å². The van der Waals surface area contributed by atoms with Crippen LogP contribution < -0.4 is 15.8 Å². The van der Waals surface area contributed by atoms with Gasteiger partial charge in [-0.15, -0.1) is 0 Å². The summed E-state index contributed by atoms with van der Waals surface area (Å²) in [6.07, 6.45) is 2.31. The third-order valence-corrected chi connectivity index (χ3v) is 5.59. The van der Waals surface area contributed by atoms with Crippen LogP contribution in [0.5, 0.6) is 5.75 Å². The maximum atomic E-state index is 13.2. The number of hydrogen-bond acceptors (Lipinski definition) is 6. The summed E-state index contributed by atoms with van der Waals surface area (Å²) in [7, 11) is 0. The van der Waals surface area contributed by atoms with Gasteiger partial charge >= 0.3 is 6.03 Å². The van der Waals surface area contributed by atoms with Crippen molar-refractivity contribution in [2.24, 2.45) is 0 Å². The lowest BCUT2D eigenvalue weighted by Crippen LogP contribution is -2.41. The monoisotopic (exact) mass is 559 g/mol. The van der Waals surface area contributed by atoms with Gasteiger partial charge in [0.05, 0.1) is 60.5 Å². The Morgan fingerprint density at radius 2 is 1.97 bits per heavy atom. The lowest BCUT2D eigenvalue weighted by Gasteiger charge is -2.18. The Labute approximate surface area is 221 Å². The fraction of sp³-hybridized carbons (Fsp3) is 0.391. The molecule has 200 valence electrons. The largest absolute Gasteiger partial charge is 0.491 e. The van der Waals surface area contributed by atoms with Gasteiger partial charge in [0.1, 0.15) is 12.4 Å². The van der Waals surface area contributed by atoms with Crippen LogP contribution in [0.25, 0.3) is 11.3 Å². The van der Waals surface area contributed by atoms with Crippen molar-refractivity contribution in [3.05, 3.63) is 51.6 Å². The molecule has 0 atom stereocenters. The van der Waals surface area contributed by atoms with Crippen LogP contribution in [0.2, 0.25) is 10.0 Å². The van der Waals surface area contributed by atoms with Gasteiger partial charge < -0.3 is 20.7 Å². The number of ether oxygens (including phenoxy) is 1. The number of rotatable bonds is 7. The van der Waals surface area contributed by atoms with Crippen LogP contribution in [0.3, 0.4) is 0 Å². The number of aromatic nitrogens is 4. The number of nitrogens with zero attached hydrogens (tertiary/aromatic N) is 5. The first kappa shape index (κ1) is 28.3. The molecule has 0 bridgehead atoms. The summed E-state index contributed by atoms with van der Waals surface area (Å²) in [5, 5.41) is 6.58. The van der Waals surface area contributed by atoms with E-state index in [9.17, 15) is 18.0 Å². The Bertz CT molecular complexity index is 1270. The van der Waals surface area contributed by atoms with Gasteiger partial charge in [0.15, 0.2) is 5.82 Å². The minimum absolute atomic E-state index is 0.0387. The van der Waals surface area contributed by atoms with Crippen molar-refractivity contribution in [2.75, 3.05) is 18.9 Å². The van der Waals surface area contributed by atoms with E-state index in [1.54, 1.807) is 6.07 Å². The lowest BCUT2D eigenvalue weighted by atomic mass is 10.0.